The van der Waals surface area contributed by atoms with Crippen LogP contribution < -0.4 is 5.73 Å². The van der Waals surface area contributed by atoms with Crippen LogP contribution in [0, 0.1) is 16.7 Å². The van der Waals surface area contributed by atoms with E-state index in [1.807, 2.05) is 0 Å². The van der Waals surface area contributed by atoms with Gasteiger partial charge in [0.15, 0.2) is 12.6 Å². The molecule has 0 aromatic heterocycles. The Hall–Kier alpha value is -0.710. The van der Waals surface area contributed by atoms with Gasteiger partial charge in [0.25, 0.3) is 0 Å². The van der Waals surface area contributed by atoms with E-state index in [0.717, 1.165) is 12.8 Å². The van der Waals surface area contributed by atoms with Crippen LogP contribution in [0.15, 0.2) is 0 Å². The number of ether oxygens (including phenoxy) is 4. The molecule has 0 aromatic rings. The van der Waals surface area contributed by atoms with Crippen LogP contribution >= 0.6 is 0 Å². The highest BCUT2D eigenvalue weighted by atomic mass is 16.7. The maximum absolute atomic E-state index is 8.53. The fourth-order valence-corrected chi connectivity index (χ4v) is 2.23. The quantitative estimate of drug-likeness (QED) is 0.793. The van der Waals surface area contributed by atoms with Crippen LogP contribution in [0.25, 0.3) is 0 Å². The van der Waals surface area contributed by atoms with Crippen molar-refractivity contribution in [2.75, 3.05) is 33.0 Å². The zero-order valence-corrected chi connectivity index (χ0v) is 11.2. The van der Waals surface area contributed by atoms with E-state index in [4.69, 9.17) is 29.9 Å². The fourth-order valence-electron chi connectivity index (χ4n) is 2.23. The molecule has 0 bridgehead atoms. The summed E-state index contributed by atoms with van der Waals surface area (Å²) in [4.78, 5) is 0. The van der Waals surface area contributed by atoms with Crippen molar-refractivity contribution >= 4 is 0 Å². The molecule has 0 saturated carbocycles. The van der Waals surface area contributed by atoms with Gasteiger partial charge < -0.3 is 24.7 Å². The van der Waals surface area contributed by atoms with Gasteiger partial charge in [0, 0.05) is 12.8 Å². The Morgan fingerprint density at radius 2 is 1.53 bits per heavy atom. The van der Waals surface area contributed by atoms with E-state index in [-0.39, 0.29) is 18.0 Å². The van der Waals surface area contributed by atoms with Crippen LogP contribution in [0.3, 0.4) is 0 Å². The Morgan fingerprint density at radius 1 is 1.00 bits per heavy atom. The second kappa shape index (κ2) is 7.17. The first-order valence-corrected chi connectivity index (χ1v) is 6.81. The van der Waals surface area contributed by atoms with Crippen LogP contribution in [-0.2, 0) is 18.9 Å². The largest absolute Gasteiger partial charge is 0.352 e. The van der Waals surface area contributed by atoms with Crippen LogP contribution in [0.4, 0.5) is 0 Å². The second-order valence-electron chi connectivity index (χ2n) is 5.23. The molecule has 0 atom stereocenters. The first-order valence-electron chi connectivity index (χ1n) is 6.81. The van der Waals surface area contributed by atoms with Crippen molar-refractivity contribution in [3.63, 3.8) is 0 Å². The Morgan fingerprint density at radius 3 is 2.00 bits per heavy atom. The van der Waals surface area contributed by atoms with Gasteiger partial charge in [-0.3, -0.25) is 0 Å². The molecule has 2 aliphatic heterocycles. The summed E-state index contributed by atoms with van der Waals surface area (Å²) in [7, 11) is 0. The van der Waals surface area contributed by atoms with Gasteiger partial charge in [-0.25, -0.2) is 0 Å². The number of nitrogens with two attached hydrogens (primary N) is 1. The molecule has 2 aliphatic rings. The van der Waals surface area contributed by atoms with Crippen molar-refractivity contribution in [1.29, 1.82) is 5.26 Å². The highest BCUT2D eigenvalue weighted by molar-refractivity contribution is 4.84. The summed E-state index contributed by atoms with van der Waals surface area (Å²) >= 11 is 0. The highest BCUT2D eigenvalue weighted by Gasteiger charge is 2.41. The fraction of sp³-hybridized carbons (Fsp3) is 0.923. The predicted molar refractivity (Wildman–Crippen MR) is 67.0 cm³/mol. The molecule has 2 saturated heterocycles. The van der Waals surface area contributed by atoms with Crippen molar-refractivity contribution in [2.24, 2.45) is 11.1 Å². The van der Waals surface area contributed by atoms with Gasteiger partial charge in [-0.1, -0.05) is 0 Å². The Labute approximate surface area is 113 Å². The highest BCUT2D eigenvalue weighted by Crippen LogP contribution is 2.31. The molecule has 6 nitrogen and oxygen atoms in total. The van der Waals surface area contributed by atoms with E-state index in [1.165, 1.54) is 0 Å². The lowest BCUT2D eigenvalue weighted by atomic mass is 9.90. The average Bonchev–Trinajstić information content (AvgIpc) is 2.46. The number of rotatable bonds is 5. The maximum Gasteiger partial charge on any atom is 0.158 e. The predicted octanol–water partition coefficient (Wildman–Crippen LogP) is 0.761. The van der Waals surface area contributed by atoms with Gasteiger partial charge in [-0.15, -0.1) is 0 Å². The number of nitrogens with zero attached hydrogens (tertiary/aromatic N) is 1. The first kappa shape index (κ1) is 14.7. The molecule has 0 radical (unpaired) electrons. The van der Waals surface area contributed by atoms with E-state index < -0.39 is 0 Å². The molecule has 2 rings (SSSR count). The molecule has 6 heteroatoms. The van der Waals surface area contributed by atoms with Crippen molar-refractivity contribution in [3.8, 4) is 6.07 Å². The molecule has 2 fully saturated rings. The Bertz CT molecular complexity index is 300. The summed E-state index contributed by atoms with van der Waals surface area (Å²) in [6.07, 6.45) is 2.39. The third-order valence-electron chi connectivity index (χ3n) is 3.44. The average molecular weight is 270 g/mol. The smallest absolute Gasteiger partial charge is 0.158 e. The maximum atomic E-state index is 8.53. The minimum Gasteiger partial charge on any atom is -0.352 e. The summed E-state index contributed by atoms with van der Waals surface area (Å²) in [6, 6.07) is 2.09. The zero-order valence-electron chi connectivity index (χ0n) is 11.2. The summed E-state index contributed by atoms with van der Waals surface area (Å²) in [6.45, 7) is 2.96. The van der Waals surface area contributed by atoms with Gasteiger partial charge in [-0.05, 0) is 19.4 Å². The normalized spacial score (nSPS) is 35.2. The molecular weight excluding hydrogens is 248 g/mol. The summed E-state index contributed by atoms with van der Waals surface area (Å²) < 4.78 is 22.7. The van der Waals surface area contributed by atoms with Crippen molar-refractivity contribution in [1.82, 2.24) is 0 Å². The van der Waals surface area contributed by atoms with Gasteiger partial charge in [0.1, 0.15) is 0 Å². The lowest BCUT2D eigenvalue weighted by Crippen LogP contribution is -2.52. The van der Waals surface area contributed by atoms with Crippen LogP contribution in [0.5, 0.6) is 0 Å². The third-order valence-corrected chi connectivity index (χ3v) is 3.44. The second-order valence-corrected chi connectivity index (χ2v) is 5.23. The Balaban J connectivity index is 1.71. The van der Waals surface area contributed by atoms with Gasteiger partial charge in [0.05, 0.1) is 37.9 Å². The van der Waals surface area contributed by atoms with Crippen LogP contribution in [0.1, 0.15) is 25.7 Å². The van der Waals surface area contributed by atoms with Crippen LogP contribution in [-0.4, -0.2) is 45.6 Å². The topological polar surface area (TPSA) is 86.7 Å². The van der Waals surface area contributed by atoms with Gasteiger partial charge in [0.2, 0.25) is 0 Å². The number of nitriles is 1. The molecule has 0 unspecified atom stereocenters. The molecule has 0 amide bonds. The van der Waals surface area contributed by atoms with E-state index in [2.05, 4.69) is 6.07 Å². The summed E-state index contributed by atoms with van der Waals surface area (Å²) in [5.74, 6) is 0. The minimum atomic E-state index is -0.264. The van der Waals surface area contributed by atoms with Crippen molar-refractivity contribution < 1.29 is 18.9 Å². The monoisotopic (exact) mass is 270 g/mol. The molecule has 19 heavy (non-hydrogen) atoms. The van der Waals surface area contributed by atoms with E-state index in [9.17, 15) is 0 Å². The van der Waals surface area contributed by atoms with E-state index in [1.54, 1.807) is 0 Å². The molecular formula is C13H22N2O4. The molecule has 1 spiro atoms. The van der Waals surface area contributed by atoms with E-state index in [0.29, 0.717) is 45.8 Å². The van der Waals surface area contributed by atoms with E-state index >= 15 is 0 Å². The molecule has 0 aromatic carbocycles. The molecule has 0 aliphatic carbocycles. The van der Waals surface area contributed by atoms with Gasteiger partial charge in [-0.2, -0.15) is 5.26 Å². The lowest BCUT2D eigenvalue weighted by Gasteiger charge is -2.43. The zero-order chi connectivity index (χ0) is 13.6. The van der Waals surface area contributed by atoms with Crippen molar-refractivity contribution in [2.45, 2.75) is 38.3 Å². The lowest BCUT2D eigenvalue weighted by molar-refractivity contribution is -0.303. The Kier molecular flexibility index (Phi) is 5.55. The molecule has 2 N–H and O–H groups in total. The third kappa shape index (κ3) is 4.13. The summed E-state index contributed by atoms with van der Waals surface area (Å²) in [5.41, 5.74) is 5.27. The molecule has 2 heterocycles. The first-order chi connectivity index (χ1) is 9.28. The summed E-state index contributed by atoms with van der Waals surface area (Å²) in [5, 5.41) is 8.53. The minimum absolute atomic E-state index is 0.148. The van der Waals surface area contributed by atoms with Crippen molar-refractivity contribution in [3.05, 3.63) is 0 Å². The molecule has 108 valence electrons. The SMILES string of the molecule is N#CCCC1OCC2(CO1)COC(CCCN)OC2. The number of hydrogen-bond donors (Lipinski definition) is 1. The standard InChI is InChI=1S/C13H22N2O4/c14-5-1-3-11-16-7-13(8-17-11)9-18-12(19-10-13)4-2-6-15/h11-12H,1-5,7-10,14H2. The van der Waals surface area contributed by atoms with Crippen LogP contribution in [0.2, 0.25) is 0 Å². The van der Waals surface area contributed by atoms with Gasteiger partial charge >= 0.3 is 0 Å². The number of hydrogen-bond acceptors (Lipinski definition) is 6.